The Morgan fingerprint density at radius 1 is 1.05 bits per heavy atom. The fourth-order valence-electron chi connectivity index (χ4n) is 2.29. The molecule has 0 fully saturated rings. The van der Waals surface area contributed by atoms with E-state index in [4.69, 9.17) is 9.84 Å². The maximum Gasteiger partial charge on any atom is 0.345 e. The van der Waals surface area contributed by atoms with Crippen LogP contribution in [0.4, 0.5) is 0 Å². The highest BCUT2D eigenvalue weighted by Gasteiger charge is 2.32. The van der Waals surface area contributed by atoms with Crippen LogP contribution >= 0.6 is 0 Å². The summed E-state index contributed by atoms with van der Waals surface area (Å²) < 4.78 is 5.62. The summed E-state index contributed by atoms with van der Waals surface area (Å²) in [6.07, 6.45) is 8.23. The van der Waals surface area contributed by atoms with Crippen molar-refractivity contribution in [3.63, 3.8) is 0 Å². The number of carbonyl (C=O) groups is 2. The number of esters is 1. The average Bonchev–Trinajstić information content (AvgIpc) is 2.46. The van der Waals surface area contributed by atoms with Crippen LogP contribution in [0.1, 0.15) is 79.1 Å². The van der Waals surface area contributed by atoms with Gasteiger partial charge in [0.05, 0.1) is 0 Å². The molecular formula is C17H30O4. The highest BCUT2D eigenvalue weighted by Crippen LogP contribution is 2.28. The van der Waals surface area contributed by atoms with E-state index in [0.29, 0.717) is 19.3 Å². The SMILES string of the molecule is CCCC=C(C(=O)O)C(=O)OC(CC)(CC)CCCCC. The van der Waals surface area contributed by atoms with Crippen LogP contribution < -0.4 is 0 Å². The van der Waals surface area contributed by atoms with Crippen LogP contribution in [-0.4, -0.2) is 22.6 Å². The Morgan fingerprint density at radius 2 is 1.67 bits per heavy atom. The topological polar surface area (TPSA) is 63.6 Å². The van der Waals surface area contributed by atoms with Gasteiger partial charge in [0.25, 0.3) is 0 Å². The third-order valence-corrected chi connectivity index (χ3v) is 3.92. The first-order valence-electron chi connectivity index (χ1n) is 8.13. The largest absolute Gasteiger partial charge is 0.477 e. The predicted octanol–water partition coefficient (Wildman–Crippen LogP) is 4.48. The molecule has 4 nitrogen and oxygen atoms in total. The van der Waals surface area contributed by atoms with Crippen molar-refractivity contribution >= 4 is 11.9 Å². The molecule has 4 heteroatoms. The number of hydrogen-bond donors (Lipinski definition) is 1. The van der Waals surface area contributed by atoms with E-state index in [2.05, 4.69) is 6.92 Å². The van der Waals surface area contributed by atoms with Crippen LogP contribution in [0, 0.1) is 0 Å². The van der Waals surface area contributed by atoms with Crippen molar-refractivity contribution in [2.24, 2.45) is 0 Å². The molecule has 0 saturated heterocycles. The number of hydrogen-bond acceptors (Lipinski definition) is 3. The van der Waals surface area contributed by atoms with E-state index in [1.807, 2.05) is 20.8 Å². The van der Waals surface area contributed by atoms with Gasteiger partial charge in [-0.1, -0.05) is 53.0 Å². The fraction of sp³-hybridized carbons (Fsp3) is 0.765. The zero-order valence-electron chi connectivity index (χ0n) is 13.9. The molecule has 0 rings (SSSR count). The zero-order valence-corrected chi connectivity index (χ0v) is 13.9. The van der Waals surface area contributed by atoms with E-state index in [9.17, 15) is 9.59 Å². The summed E-state index contributed by atoms with van der Waals surface area (Å²) in [6.45, 7) is 8.04. The Morgan fingerprint density at radius 3 is 2.10 bits per heavy atom. The van der Waals surface area contributed by atoms with Crippen molar-refractivity contribution in [3.05, 3.63) is 11.6 Å². The molecule has 0 radical (unpaired) electrons. The summed E-state index contributed by atoms with van der Waals surface area (Å²) in [6, 6.07) is 0. The third-order valence-electron chi connectivity index (χ3n) is 3.92. The molecule has 0 amide bonds. The zero-order chi connectivity index (χ0) is 16.3. The van der Waals surface area contributed by atoms with Gasteiger partial charge in [0.15, 0.2) is 0 Å². The van der Waals surface area contributed by atoms with Gasteiger partial charge in [-0.2, -0.15) is 0 Å². The molecule has 0 aromatic heterocycles. The lowest BCUT2D eigenvalue weighted by Crippen LogP contribution is -2.35. The van der Waals surface area contributed by atoms with Gasteiger partial charge < -0.3 is 9.84 Å². The number of unbranched alkanes of at least 4 members (excludes halogenated alkanes) is 3. The number of aliphatic carboxylic acids is 1. The van der Waals surface area contributed by atoms with Gasteiger partial charge in [0.1, 0.15) is 11.2 Å². The lowest BCUT2D eigenvalue weighted by molar-refractivity contribution is -0.159. The van der Waals surface area contributed by atoms with E-state index in [0.717, 1.165) is 32.1 Å². The van der Waals surface area contributed by atoms with Crippen molar-refractivity contribution in [2.45, 2.75) is 84.7 Å². The average molecular weight is 298 g/mol. The lowest BCUT2D eigenvalue weighted by Gasteiger charge is -2.31. The van der Waals surface area contributed by atoms with Crippen LogP contribution in [0.2, 0.25) is 0 Å². The first kappa shape index (κ1) is 19.7. The summed E-state index contributed by atoms with van der Waals surface area (Å²) in [5.74, 6) is -1.90. The number of carboxylic acids is 1. The van der Waals surface area contributed by atoms with Crippen molar-refractivity contribution in [3.8, 4) is 0 Å². The maximum atomic E-state index is 12.2. The Balaban J connectivity index is 4.96. The minimum atomic E-state index is -1.21. The second-order valence-electron chi connectivity index (χ2n) is 5.45. The summed E-state index contributed by atoms with van der Waals surface area (Å²) in [5.41, 5.74) is -0.772. The molecule has 0 aliphatic carbocycles. The maximum absolute atomic E-state index is 12.2. The molecule has 0 aliphatic heterocycles. The summed E-state index contributed by atoms with van der Waals surface area (Å²) in [5, 5.41) is 9.16. The van der Waals surface area contributed by atoms with Crippen LogP contribution in [-0.2, 0) is 14.3 Å². The number of rotatable bonds is 11. The number of carboxylic acid groups (broad SMARTS) is 1. The number of carbonyl (C=O) groups excluding carboxylic acids is 1. The van der Waals surface area contributed by atoms with Gasteiger partial charge in [-0.15, -0.1) is 0 Å². The van der Waals surface area contributed by atoms with Crippen molar-refractivity contribution in [1.29, 1.82) is 0 Å². The first-order valence-corrected chi connectivity index (χ1v) is 8.13. The van der Waals surface area contributed by atoms with Crippen LogP contribution in [0.5, 0.6) is 0 Å². The molecule has 0 spiro atoms. The predicted molar refractivity (Wildman–Crippen MR) is 84.2 cm³/mol. The molecule has 0 aromatic carbocycles. The minimum Gasteiger partial charge on any atom is -0.477 e. The summed E-state index contributed by atoms with van der Waals surface area (Å²) >= 11 is 0. The molecule has 0 aliphatic rings. The summed E-state index contributed by atoms with van der Waals surface area (Å²) in [4.78, 5) is 23.4. The van der Waals surface area contributed by atoms with Gasteiger partial charge >= 0.3 is 11.9 Å². The molecule has 1 N–H and O–H groups in total. The highest BCUT2D eigenvalue weighted by molar-refractivity contribution is 6.13. The second-order valence-corrected chi connectivity index (χ2v) is 5.45. The summed E-state index contributed by atoms with van der Waals surface area (Å²) in [7, 11) is 0. The van der Waals surface area contributed by atoms with Gasteiger partial charge in [-0.05, 0) is 32.1 Å². The molecule has 0 aromatic rings. The molecule has 0 bridgehead atoms. The van der Waals surface area contributed by atoms with E-state index in [-0.39, 0.29) is 5.57 Å². The Hall–Kier alpha value is -1.32. The molecule has 0 saturated carbocycles. The van der Waals surface area contributed by atoms with E-state index < -0.39 is 17.5 Å². The smallest absolute Gasteiger partial charge is 0.345 e. The van der Waals surface area contributed by atoms with Crippen molar-refractivity contribution in [2.75, 3.05) is 0 Å². The normalized spacial score (nSPS) is 12.3. The molecule has 21 heavy (non-hydrogen) atoms. The van der Waals surface area contributed by atoms with Gasteiger partial charge in [-0.3, -0.25) is 0 Å². The number of ether oxygens (including phenoxy) is 1. The standard InChI is InChI=1S/C17H30O4/c1-5-9-11-13-17(7-3,8-4)21-16(20)14(15(18)19)12-10-6-2/h12H,5-11,13H2,1-4H3,(H,18,19). The quantitative estimate of drug-likeness (QED) is 0.201. The van der Waals surface area contributed by atoms with E-state index in [1.54, 1.807) is 0 Å². The van der Waals surface area contributed by atoms with E-state index >= 15 is 0 Å². The minimum absolute atomic E-state index is 0.237. The monoisotopic (exact) mass is 298 g/mol. The van der Waals surface area contributed by atoms with Gasteiger partial charge in [-0.25, -0.2) is 9.59 Å². The Kier molecular flexibility index (Phi) is 9.76. The lowest BCUT2D eigenvalue weighted by atomic mass is 9.90. The van der Waals surface area contributed by atoms with Gasteiger partial charge in [0.2, 0.25) is 0 Å². The molecule has 0 heterocycles. The Bertz CT molecular complexity index is 354. The third kappa shape index (κ3) is 6.78. The van der Waals surface area contributed by atoms with Crippen LogP contribution in [0.25, 0.3) is 0 Å². The van der Waals surface area contributed by atoms with Crippen LogP contribution in [0.3, 0.4) is 0 Å². The second kappa shape index (κ2) is 10.4. The molecule has 0 unspecified atom stereocenters. The molecule has 122 valence electrons. The van der Waals surface area contributed by atoms with Crippen molar-refractivity contribution < 1.29 is 19.4 Å². The fourth-order valence-corrected chi connectivity index (χ4v) is 2.29. The Labute approximate surface area is 128 Å². The first-order chi connectivity index (χ1) is 9.96. The molecule has 0 atom stereocenters. The van der Waals surface area contributed by atoms with Gasteiger partial charge in [0, 0.05) is 0 Å². The van der Waals surface area contributed by atoms with Crippen LogP contribution in [0.15, 0.2) is 11.6 Å². The van der Waals surface area contributed by atoms with Crippen molar-refractivity contribution in [1.82, 2.24) is 0 Å². The van der Waals surface area contributed by atoms with E-state index in [1.165, 1.54) is 6.08 Å². The number of allylic oxidation sites excluding steroid dienone is 1. The molecular weight excluding hydrogens is 268 g/mol. The highest BCUT2D eigenvalue weighted by atomic mass is 16.6.